The average molecular weight is 503 g/mol. The minimum Gasteiger partial charge on any atom is -0.342 e. The van der Waals surface area contributed by atoms with E-state index in [1.54, 1.807) is 42.5 Å². The van der Waals surface area contributed by atoms with Crippen molar-refractivity contribution < 1.29 is 23.3 Å². The van der Waals surface area contributed by atoms with E-state index in [0.717, 1.165) is 10.8 Å². The maximum absolute atomic E-state index is 13.4. The van der Waals surface area contributed by atoms with Gasteiger partial charge in [0, 0.05) is 24.1 Å². The highest BCUT2D eigenvalue weighted by Gasteiger charge is 2.24. The average Bonchev–Trinajstić information content (AvgIpc) is 2.88. The van der Waals surface area contributed by atoms with Crippen LogP contribution in [0.1, 0.15) is 21.5 Å². The van der Waals surface area contributed by atoms with Crippen LogP contribution in [-0.2, 0) is 28.7 Å². The number of nitrogens with zero attached hydrogens (tertiary/aromatic N) is 1. The van der Waals surface area contributed by atoms with Crippen molar-refractivity contribution in [2.75, 3.05) is 0 Å². The maximum Gasteiger partial charge on any atom is 0.269 e. The van der Waals surface area contributed by atoms with Crippen molar-refractivity contribution in [1.29, 1.82) is 0 Å². The third-order valence-corrected chi connectivity index (χ3v) is 6.62. The van der Waals surface area contributed by atoms with Crippen LogP contribution in [-0.4, -0.2) is 31.4 Å². The molecule has 2 N–H and O–H groups in total. The Labute approximate surface area is 209 Å². The molecule has 1 unspecified atom stereocenters. The maximum atomic E-state index is 13.4. The number of carbonyl (C=O) groups is 2. The second-order valence-corrected chi connectivity index (χ2v) is 9.12. The van der Waals surface area contributed by atoms with Gasteiger partial charge in [0.1, 0.15) is 0 Å². The Morgan fingerprint density at radius 2 is 1.58 bits per heavy atom. The quantitative estimate of drug-likeness (QED) is 0.197. The highest BCUT2D eigenvalue weighted by Crippen LogP contribution is 2.20. The molecule has 36 heavy (non-hydrogen) atoms. The number of non-ortho nitro benzene ring substituents is 1. The molecule has 0 saturated carbocycles. The SMILES string of the molecule is O=C(N[C@@H](Cc1ccc([N+](=O)[O-])cc1)C(=O)Cc1ccccc1S(=O)O)c1cccc2ccccc12. The van der Waals surface area contributed by atoms with Crippen LogP contribution < -0.4 is 5.32 Å². The summed E-state index contributed by atoms with van der Waals surface area (Å²) >= 11 is -2.27. The molecular weight excluding hydrogens is 480 g/mol. The molecule has 0 fully saturated rings. The van der Waals surface area contributed by atoms with E-state index in [1.807, 2.05) is 30.3 Å². The molecule has 0 saturated heterocycles. The molecule has 0 bridgehead atoms. The number of hydrogen-bond acceptors (Lipinski definition) is 5. The summed E-state index contributed by atoms with van der Waals surface area (Å²) in [5, 5.41) is 15.4. The van der Waals surface area contributed by atoms with Crippen LogP contribution in [0.25, 0.3) is 10.8 Å². The zero-order valence-electron chi connectivity index (χ0n) is 19.0. The van der Waals surface area contributed by atoms with Gasteiger partial charge < -0.3 is 9.87 Å². The Kier molecular flexibility index (Phi) is 7.62. The van der Waals surface area contributed by atoms with Crippen LogP contribution in [0.5, 0.6) is 0 Å². The third kappa shape index (κ3) is 5.70. The van der Waals surface area contributed by atoms with Gasteiger partial charge in [-0.25, -0.2) is 4.21 Å². The zero-order chi connectivity index (χ0) is 25.7. The topological polar surface area (TPSA) is 127 Å². The lowest BCUT2D eigenvalue weighted by Gasteiger charge is -2.19. The minimum atomic E-state index is -2.27. The van der Waals surface area contributed by atoms with Crippen LogP contribution in [0.3, 0.4) is 0 Å². The second kappa shape index (κ2) is 11.0. The first-order valence-corrected chi connectivity index (χ1v) is 12.2. The van der Waals surface area contributed by atoms with Gasteiger partial charge in [0.2, 0.25) is 0 Å². The summed E-state index contributed by atoms with van der Waals surface area (Å²) in [7, 11) is 0. The number of rotatable bonds is 9. The molecule has 8 nitrogen and oxygen atoms in total. The number of nitro benzene ring substituents is 1. The standard InChI is InChI=1S/C27H22N2O6S/c30-25(17-20-7-2-4-11-26(20)36(34)35)24(16-18-12-14-21(15-13-18)29(32)33)28-27(31)23-10-5-8-19-6-1-3-9-22(19)23/h1-15,24H,16-17H2,(H,28,31)(H,34,35)/t24-/m0/s1. The van der Waals surface area contributed by atoms with Crippen molar-refractivity contribution in [3.05, 3.63) is 118 Å². The molecular formula is C27H22N2O6S. The van der Waals surface area contributed by atoms with Crippen LogP contribution in [0.2, 0.25) is 0 Å². The molecule has 0 aliphatic heterocycles. The first kappa shape index (κ1) is 24.9. The van der Waals surface area contributed by atoms with E-state index in [4.69, 9.17) is 0 Å². The van der Waals surface area contributed by atoms with Crippen molar-refractivity contribution in [1.82, 2.24) is 5.32 Å². The normalized spacial score (nSPS) is 12.6. The fourth-order valence-electron chi connectivity index (χ4n) is 4.03. The Morgan fingerprint density at radius 3 is 2.31 bits per heavy atom. The second-order valence-electron chi connectivity index (χ2n) is 8.18. The molecule has 1 amide bonds. The van der Waals surface area contributed by atoms with E-state index in [9.17, 15) is 28.5 Å². The molecule has 182 valence electrons. The molecule has 4 aromatic rings. The number of carbonyl (C=O) groups excluding carboxylic acids is 2. The lowest BCUT2D eigenvalue weighted by atomic mass is 9.96. The van der Waals surface area contributed by atoms with Gasteiger partial charge in [-0.15, -0.1) is 0 Å². The van der Waals surface area contributed by atoms with Crippen molar-refractivity contribution in [3.8, 4) is 0 Å². The number of ketones is 1. The van der Waals surface area contributed by atoms with E-state index in [1.165, 1.54) is 18.2 Å². The molecule has 4 aromatic carbocycles. The van der Waals surface area contributed by atoms with Crippen molar-refractivity contribution in [2.24, 2.45) is 0 Å². The largest absolute Gasteiger partial charge is 0.342 e. The highest BCUT2D eigenvalue weighted by molar-refractivity contribution is 7.79. The third-order valence-electron chi connectivity index (χ3n) is 5.84. The van der Waals surface area contributed by atoms with Gasteiger partial charge in [-0.3, -0.25) is 19.7 Å². The number of amides is 1. The number of fused-ring (bicyclic) bond motifs is 1. The summed E-state index contributed by atoms with van der Waals surface area (Å²) in [5.41, 5.74) is 1.33. The smallest absolute Gasteiger partial charge is 0.269 e. The Balaban J connectivity index is 1.64. The summed E-state index contributed by atoms with van der Waals surface area (Å²) in [6, 6.07) is 23.9. The van der Waals surface area contributed by atoms with E-state index in [0.29, 0.717) is 16.7 Å². The van der Waals surface area contributed by atoms with Gasteiger partial charge >= 0.3 is 0 Å². The zero-order valence-corrected chi connectivity index (χ0v) is 19.8. The van der Waals surface area contributed by atoms with Crippen molar-refractivity contribution in [2.45, 2.75) is 23.8 Å². The molecule has 0 radical (unpaired) electrons. The van der Waals surface area contributed by atoms with E-state index < -0.39 is 28.0 Å². The van der Waals surface area contributed by atoms with E-state index in [2.05, 4.69) is 5.32 Å². The van der Waals surface area contributed by atoms with Crippen molar-refractivity contribution in [3.63, 3.8) is 0 Å². The lowest BCUT2D eigenvalue weighted by molar-refractivity contribution is -0.384. The Morgan fingerprint density at radius 1 is 0.917 bits per heavy atom. The predicted molar refractivity (Wildman–Crippen MR) is 136 cm³/mol. The van der Waals surface area contributed by atoms with Gasteiger partial charge in [-0.2, -0.15) is 0 Å². The summed E-state index contributed by atoms with van der Waals surface area (Å²) in [6.45, 7) is 0. The van der Waals surface area contributed by atoms with Gasteiger partial charge in [-0.1, -0.05) is 66.7 Å². The number of hydrogen-bond donors (Lipinski definition) is 2. The Bertz CT molecular complexity index is 1460. The number of Topliss-reactive ketones (excluding diaryl/α,β-unsaturated/α-hetero) is 1. The summed E-state index contributed by atoms with van der Waals surface area (Å²) in [4.78, 5) is 37.3. The summed E-state index contributed by atoms with van der Waals surface area (Å²) in [5.74, 6) is -0.800. The van der Waals surface area contributed by atoms with Gasteiger partial charge in [0.15, 0.2) is 16.9 Å². The predicted octanol–water partition coefficient (Wildman–Crippen LogP) is 4.48. The molecule has 2 atom stereocenters. The molecule has 4 rings (SSSR count). The van der Waals surface area contributed by atoms with Crippen molar-refractivity contribution >= 4 is 39.2 Å². The number of nitrogens with one attached hydrogen (secondary N) is 1. The summed E-state index contributed by atoms with van der Waals surface area (Å²) < 4.78 is 21.3. The van der Waals surface area contributed by atoms with E-state index >= 15 is 0 Å². The van der Waals surface area contributed by atoms with Crippen LogP contribution in [0.4, 0.5) is 5.69 Å². The fraction of sp³-hybridized carbons (Fsp3) is 0.111. The molecule has 9 heteroatoms. The molecule has 0 aliphatic carbocycles. The monoisotopic (exact) mass is 502 g/mol. The molecule has 0 aliphatic rings. The molecule has 0 heterocycles. The highest BCUT2D eigenvalue weighted by atomic mass is 32.2. The lowest BCUT2D eigenvalue weighted by Crippen LogP contribution is -2.43. The van der Waals surface area contributed by atoms with Gasteiger partial charge in [0.25, 0.3) is 11.6 Å². The first-order chi connectivity index (χ1) is 17.3. The van der Waals surface area contributed by atoms with Crippen LogP contribution >= 0.6 is 0 Å². The Hall–Kier alpha value is -4.21. The minimum absolute atomic E-state index is 0.0826. The first-order valence-electron chi connectivity index (χ1n) is 11.1. The van der Waals surface area contributed by atoms with E-state index in [-0.39, 0.29) is 29.2 Å². The number of benzene rings is 4. The van der Waals surface area contributed by atoms with Gasteiger partial charge in [0.05, 0.1) is 15.9 Å². The fourth-order valence-corrected chi connectivity index (χ4v) is 4.58. The molecule has 0 spiro atoms. The number of nitro groups is 1. The van der Waals surface area contributed by atoms with Gasteiger partial charge in [-0.05, 0) is 40.5 Å². The van der Waals surface area contributed by atoms with Crippen LogP contribution in [0.15, 0.2) is 95.9 Å². The summed E-state index contributed by atoms with van der Waals surface area (Å²) in [6.07, 6.45) is -0.0757. The van der Waals surface area contributed by atoms with Crippen LogP contribution in [0, 0.1) is 10.1 Å². The molecule has 0 aromatic heterocycles.